The fraction of sp³-hybridized carbons (Fsp3) is 0.394. The number of carbonyl (C=O) groups excluding carboxylic acids is 2. The van der Waals surface area contributed by atoms with Gasteiger partial charge in [-0.3, -0.25) is 14.5 Å². The number of carbonyl (C=O) groups is 2. The van der Waals surface area contributed by atoms with Gasteiger partial charge in [0.1, 0.15) is 23.7 Å². The summed E-state index contributed by atoms with van der Waals surface area (Å²) in [6, 6.07) is 11.7. The number of hydrogen-bond acceptors (Lipinski definition) is 8. The number of fused-ring (bicyclic) bond motifs is 1. The van der Waals surface area contributed by atoms with Gasteiger partial charge in [0.2, 0.25) is 5.91 Å². The topological polar surface area (TPSA) is 135 Å². The van der Waals surface area contributed by atoms with Gasteiger partial charge in [0.05, 0.1) is 11.4 Å². The van der Waals surface area contributed by atoms with Crippen molar-refractivity contribution in [2.45, 2.75) is 57.5 Å². The number of piperidine rings is 1. The van der Waals surface area contributed by atoms with Gasteiger partial charge in [-0.05, 0) is 69.0 Å². The maximum Gasteiger partial charge on any atom is 0.256 e. The van der Waals surface area contributed by atoms with E-state index in [-0.39, 0.29) is 17.9 Å². The van der Waals surface area contributed by atoms with Crippen LogP contribution in [0.5, 0.6) is 0 Å². The van der Waals surface area contributed by atoms with Gasteiger partial charge >= 0.3 is 0 Å². The standard InChI is InChI=1S/C33H39N9O2/c1-3-6-22-15-16-35-27(19-22)38-33(44)24-11-9-23(10-12-24)30-29-31(34)36-21-37-32(29)42(39-30)26-7-4-18-41(20-26)28(43)8-5-17-40(2)25-13-14-25/h5,8-12,15-16,19,21,25-26H,3-4,6-7,13-14,17-18,20H2,1-2H3,(H2,34,36,37)(H,35,38,44)/t26-/m1/s1. The number of anilines is 2. The molecular formula is C33H39N9O2. The average Bonchev–Trinajstić information content (AvgIpc) is 3.82. The van der Waals surface area contributed by atoms with Crippen LogP contribution in [0, 0.1) is 0 Å². The Morgan fingerprint density at radius 2 is 1.93 bits per heavy atom. The van der Waals surface area contributed by atoms with E-state index in [9.17, 15) is 9.59 Å². The predicted molar refractivity (Wildman–Crippen MR) is 171 cm³/mol. The van der Waals surface area contributed by atoms with E-state index in [1.54, 1.807) is 24.4 Å². The molecule has 1 saturated carbocycles. The molecule has 1 aliphatic carbocycles. The maximum absolute atomic E-state index is 13.0. The largest absolute Gasteiger partial charge is 0.383 e. The third-order valence-electron chi connectivity index (χ3n) is 8.42. The summed E-state index contributed by atoms with van der Waals surface area (Å²) in [5.74, 6) is 0.644. The molecule has 2 amide bonds. The van der Waals surface area contributed by atoms with Crippen LogP contribution in [0.2, 0.25) is 0 Å². The Balaban J connectivity index is 1.20. The molecule has 1 aromatic carbocycles. The fourth-order valence-corrected chi connectivity index (χ4v) is 5.85. The van der Waals surface area contributed by atoms with Gasteiger partial charge in [0.15, 0.2) is 5.65 Å². The second-order valence-electron chi connectivity index (χ2n) is 11.7. The molecule has 0 bridgehead atoms. The number of likely N-dealkylation sites (tertiary alicyclic amines) is 1. The number of nitrogen functional groups attached to an aromatic ring is 1. The first-order valence-electron chi connectivity index (χ1n) is 15.4. The van der Waals surface area contributed by atoms with Crippen LogP contribution in [0.3, 0.4) is 0 Å². The molecule has 44 heavy (non-hydrogen) atoms. The smallest absolute Gasteiger partial charge is 0.256 e. The number of amides is 2. The quantitative estimate of drug-likeness (QED) is 0.257. The van der Waals surface area contributed by atoms with E-state index in [4.69, 9.17) is 10.8 Å². The van der Waals surface area contributed by atoms with Gasteiger partial charge in [-0.1, -0.05) is 31.6 Å². The van der Waals surface area contributed by atoms with Crippen molar-refractivity contribution >= 4 is 34.5 Å². The van der Waals surface area contributed by atoms with E-state index in [1.807, 2.05) is 39.9 Å². The lowest BCUT2D eigenvalue weighted by atomic mass is 10.1. The van der Waals surface area contributed by atoms with Crippen molar-refractivity contribution in [3.05, 3.63) is 72.2 Å². The summed E-state index contributed by atoms with van der Waals surface area (Å²) in [5.41, 5.74) is 10.1. The SMILES string of the molecule is CCCc1ccnc(NC(=O)c2ccc(-c3nn([C@@H]4CCCN(C(=O)C=CCN(C)C5CC5)C4)c4ncnc(N)c34)cc2)c1. The summed E-state index contributed by atoms with van der Waals surface area (Å²) in [4.78, 5) is 43.3. The highest BCUT2D eigenvalue weighted by molar-refractivity contribution is 6.04. The van der Waals surface area contributed by atoms with E-state index in [0.29, 0.717) is 53.1 Å². The predicted octanol–water partition coefficient (Wildman–Crippen LogP) is 4.49. The summed E-state index contributed by atoms with van der Waals surface area (Å²) in [6.07, 6.45) is 13.0. The van der Waals surface area contributed by atoms with Gasteiger partial charge in [-0.2, -0.15) is 5.10 Å². The minimum absolute atomic E-state index is 0.0193. The van der Waals surface area contributed by atoms with Crippen molar-refractivity contribution < 1.29 is 9.59 Å². The number of pyridine rings is 1. The molecule has 0 radical (unpaired) electrons. The summed E-state index contributed by atoms with van der Waals surface area (Å²) in [6.45, 7) is 4.14. The van der Waals surface area contributed by atoms with E-state index in [1.165, 1.54) is 19.2 Å². The molecule has 6 rings (SSSR count). The highest BCUT2D eigenvalue weighted by Gasteiger charge is 2.29. The Labute approximate surface area is 257 Å². The molecule has 1 saturated heterocycles. The van der Waals surface area contributed by atoms with E-state index in [0.717, 1.165) is 43.4 Å². The van der Waals surface area contributed by atoms with Crippen LogP contribution in [-0.2, 0) is 11.2 Å². The lowest BCUT2D eigenvalue weighted by Crippen LogP contribution is -2.40. The molecule has 1 atom stereocenters. The first kappa shape index (κ1) is 29.4. The monoisotopic (exact) mass is 593 g/mol. The molecule has 11 nitrogen and oxygen atoms in total. The fourth-order valence-electron chi connectivity index (χ4n) is 5.85. The van der Waals surface area contributed by atoms with Crippen LogP contribution in [-0.4, -0.2) is 79.1 Å². The van der Waals surface area contributed by atoms with Crippen LogP contribution < -0.4 is 11.1 Å². The lowest BCUT2D eigenvalue weighted by molar-refractivity contribution is -0.127. The van der Waals surface area contributed by atoms with Gasteiger partial charge in [0, 0.05) is 49.1 Å². The Morgan fingerprint density at radius 3 is 2.70 bits per heavy atom. The normalized spacial score (nSPS) is 17.1. The Hall–Kier alpha value is -4.64. The summed E-state index contributed by atoms with van der Waals surface area (Å²) >= 11 is 0. The first-order valence-corrected chi connectivity index (χ1v) is 15.4. The molecule has 2 aliphatic rings. The highest BCUT2D eigenvalue weighted by Crippen LogP contribution is 2.34. The molecular weight excluding hydrogens is 554 g/mol. The van der Waals surface area contributed by atoms with Crippen molar-refractivity contribution in [2.75, 3.05) is 37.7 Å². The summed E-state index contributed by atoms with van der Waals surface area (Å²) < 4.78 is 1.89. The number of nitrogens with two attached hydrogens (primary N) is 1. The molecule has 0 unspecified atom stereocenters. The minimum atomic E-state index is -0.240. The molecule has 1 aliphatic heterocycles. The highest BCUT2D eigenvalue weighted by atomic mass is 16.2. The summed E-state index contributed by atoms with van der Waals surface area (Å²) in [5, 5.41) is 8.53. The molecule has 0 spiro atoms. The van der Waals surface area contributed by atoms with Crippen molar-refractivity contribution in [3.8, 4) is 11.3 Å². The number of likely N-dealkylation sites (N-methyl/N-ethyl adjacent to an activating group) is 1. The van der Waals surface area contributed by atoms with Crippen molar-refractivity contribution in [3.63, 3.8) is 0 Å². The zero-order valence-corrected chi connectivity index (χ0v) is 25.3. The Morgan fingerprint density at radius 1 is 1.11 bits per heavy atom. The molecule has 4 aromatic rings. The molecule has 3 N–H and O–H groups in total. The van der Waals surface area contributed by atoms with Crippen LogP contribution in [0.25, 0.3) is 22.3 Å². The molecule has 11 heteroatoms. The first-order chi connectivity index (χ1) is 21.4. The van der Waals surface area contributed by atoms with Gasteiger partial charge in [-0.15, -0.1) is 0 Å². The van der Waals surface area contributed by atoms with Gasteiger partial charge in [-0.25, -0.2) is 19.6 Å². The number of benzene rings is 1. The third kappa shape index (κ3) is 6.47. The van der Waals surface area contributed by atoms with Crippen molar-refractivity contribution in [2.24, 2.45) is 0 Å². The number of rotatable bonds is 10. The number of aromatic nitrogens is 5. The zero-order valence-electron chi connectivity index (χ0n) is 25.3. The summed E-state index contributed by atoms with van der Waals surface area (Å²) in [7, 11) is 2.10. The molecule has 2 fully saturated rings. The van der Waals surface area contributed by atoms with E-state index < -0.39 is 0 Å². The van der Waals surface area contributed by atoms with Crippen molar-refractivity contribution in [1.82, 2.24) is 34.5 Å². The van der Waals surface area contributed by atoms with Crippen LogP contribution in [0.1, 0.15) is 61.0 Å². The lowest BCUT2D eigenvalue weighted by Gasteiger charge is -2.32. The third-order valence-corrected chi connectivity index (χ3v) is 8.42. The minimum Gasteiger partial charge on any atom is -0.383 e. The van der Waals surface area contributed by atoms with Crippen LogP contribution in [0.15, 0.2) is 61.1 Å². The van der Waals surface area contributed by atoms with Gasteiger partial charge < -0.3 is 16.0 Å². The number of aryl methyl sites for hydroxylation is 1. The molecule has 3 aromatic heterocycles. The zero-order chi connectivity index (χ0) is 30.6. The number of nitrogens with one attached hydrogen (secondary N) is 1. The van der Waals surface area contributed by atoms with Gasteiger partial charge in [0.25, 0.3) is 5.91 Å². The number of nitrogens with zero attached hydrogens (tertiary/aromatic N) is 7. The number of hydrogen-bond donors (Lipinski definition) is 2. The van der Waals surface area contributed by atoms with E-state index in [2.05, 4.69) is 39.1 Å². The Bertz CT molecular complexity index is 1680. The average molecular weight is 594 g/mol. The molecule has 228 valence electrons. The van der Waals surface area contributed by atoms with Crippen LogP contribution >= 0.6 is 0 Å². The van der Waals surface area contributed by atoms with E-state index >= 15 is 0 Å². The Kier molecular flexibility index (Phi) is 8.65. The second-order valence-corrected chi connectivity index (χ2v) is 11.7. The van der Waals surface area contributed by atoms with Crippen molar-refractivity contribution in [1.29, 1.82) is 0 Å². The molecule has 4 heterocycles. The second kappa shape index (κ2) is 12.9. The maximum atomic E-state index is 13.0. The van der Waals surface area contributed by atoms with Crippen LogP contribution in [0.4, 0.5) is 11.6 Å².